The Hall–Kier alpha value is -3.74. The van der Waals surface area contributed by atoms with Gasteiger partial charge in [-0.1, -0.05) is 36.8 Å². The van der Waals surface area contributed by atoms with Crippen molar-refractivity contribution in [3.63, 3.8) is 0 Å². The summed E-state index contributed by atoms with van der Waals surface area (Å²) in [6, 6.07) is 13.6. The number of para-hydroxylation sites is 1. The van der Waals surface area contributed by atoms with Gasteiger partial charge in [0.25, 0.3) is 11.8 Å². The summed E-state index contributed by atoms with van der Waals surface area (Å²) in [7, 11) is 0. The number of nitrogens with one attached hydrogen (secondary N) is 1. The second kappa shape index (κ2) is 9.72. The molecule has 4 amide bonds. The second-order valence-electron chi connectivity index (χ2n) is 10.2. The molecule has 0 aromatic heterocycles. The van der Waals surface area contributed by atoms with Crippen molar-refractivity contribution in [3.8, 4) is 0 Å². The molecule has 5 rings (SSSR count). The lowest BCUT2D eigenvalue weighted by molar-refractivity contribution is -0.122. The molecule has 36 heavy (non-hydrogen) atoms. The highest BCUT2D eigenvalue weighted by Gasteiger charge is 2.49. The maximum absolute atomic E-state index is 13.3. The Morgan fingerprint density at radius 2 is 1.67 bits per heavy atom. The number of nitrogens with zero attached hydrogens (tertiary/aromatic N) is 2. The fourth-order valence-electron chi connectivity index (χ4n) is 5.46. The monoisotopic (exact) mass is 485 g/mol. The number of benzene rings is 2. The number of likely N-dealkylation sites (tertiary alicyclic amines) is 1. The molecule has 0 radical (unpaired) electrons. The third-order valence-corrected chi connectivity index (χ3v) is 7.65. The molecule has 2 saturated heterocycles. The van der Waals surface area contributed by atoms with Crippen molar-refractivity contribution in [2.45, 2.75) is 39.5 Å². The lowest BCUT2D eigenvalue weighted by Crippen LogP contribution is -2.37. The largest absolute Gasteiger partial charge is 0.339 e. The fourth-order valence-corrected chi connectivity index (χ4v) is 5.46. The fraction of sp³-hybridized carbons (Fsp3) is 0.379. The number of hydrogen-bond donors (Lipinski definition) is 1. The number of imide groups is 1. The highest BCUT2D eigenvalue weighted by Crippen LogP contribution is 2.40. The average molecular weight is 486 g/mol. The maximum Gasteiger partial charge on any atom is 0.257 e. The molecular formula is C29H31N3O4. The Kier molecular flexibility index (Phi) is 6.48. The molecular weight excluding hydrogens is 454 g/mol. The summed E-state index contributed by atoms with van der Waals surface area (Å²) in [6.07, 6.45) is 5.11. The van der Waals surface area contributed by atoms with Gasteiger partial charge in [-0.2, -0.15) is 0 Å². The minimum absolute atomic E-state index is 0.0434. The van der Waals surface area contributed by atoms with Crippen molar-refractivity contribution in [2.24, 2.45) is 17.8 Å². The zero-order chi connectivity index (χ0) is 25.4. The SMILES string of the molecule is CC1=CC[C@H]2C(=O)N(c3ccccc3C(=O)Nc3cccc(C(=O)N4CCC(C)CC4)c3)C(=O)[C@H]2C1. The van der Waals surface area contributed by atoms with Crippen LogP contribution in [0.3, 0.4) is 0 Å². The van der Waals surface area contributed by atoms with Gasteiger partial charge in [-0.3, -0.25) is 19.2 Å². The van der Waals surface area contributed by atoms with Crippen molar-refractivity contribution in [3.05, 3.63) is 71.3 Å². The first kappa shape index (κ1) is 24.0. The number of fused-ring (bicyclic) bond motifs is 1. The summed E-state index contributed by atoms with van der Waals surface area (Å²) in [5.74, 6) is -1.11. The van der Waals surface area contributed by atoms with Gasteiger partial charge in [-0.05, 0) is 68.9 Å². The molecule has 2 aromatic carbocycles. The molecule has 186 valence electrons. The van der Waals surface area contributed by atoms with Crippen LogP contribution in [0.15, 0.2) is 60.2 Å². The van der Waals surface area contributed by atoms with E-state index in [1.165, 1.54) is 4.90 Å². The Balaban J connectivity index is 1.35. The first-order valence-electron chi connectivity index (χ1n) is 12.7. The molecule has 0 unspecified atom stereocenters. The molecule has 2 aromatic rings. The predicted octanol–water partition coefficient (Wildman–Crippen LogP) is 4.66. The first-order chi connectivity index (χ1) is 17.3. The maximum atomic E-state index is 13.3. The summed E-state index contributed by atoms with van der Waals surface area (Å²) < 4.78 is 0. The molecule has 0 spiro atoms. The summed E-state index contributed by atoms with van der Waals surface area (Å²) in [5.41, 5.74) is 2.65. The van der Waals surface area contributed by atoms with E-state index in [-0.39, 0.29) is 35.1 Å². The molecule has 0 saturated carbocycles. The van der Waals surface area contributed by atoms with Gasteiger partial charge in [0.05, 0.1) is 23.1 Å². The Morgan fingerprint density at radius 1 is 0.944 bits per heavy atom. The van der Waals surface area contributed by atoms with Gasteiger partial charge < -0.3 is 10.2 Å². The molecule has 2 heterocycles. The number of allylic oxidation sites excluding steroid dienone is 2. The van der Waals surface area contributed by atoms with Gasteiger partial charge in [0.1, 0.15) is 0 Å². The van der Waals surface area contributed by atoms with E-state index in [9.17, 15) is 19.2 Å². The zero-order valence-corrected chi connectivity index (χ0v) is 20.7. The third kappa shape index (κ3) is 4.45. The molecule has 0 bridgehead atoms. The average Bonchev–Trinajstić information content (AvgIpc) is 3.13. The number of rotatable bonds is 4. The Labute approximate surface area is 211 Å². The summed E-state index contributed by atoms with van der Waals surface area (Å²) in [5, 5.41) is 2.86. The highest BCUT2D eigenvalue weighted by molar-refractivity contribution is 6.25. The van der Waals surface area contributed by atoms with Crippen LogP contribution in [0.25, 0.3) is 0 Å². The van der Waals surface area contributed by atoms with Crippen molar-refractivity contribution in [2.75, 3.05) is 23.3 Å². The van der Waals surface area contributed by atoms with Crippen LogP contribution in [0.4, 0.5) is 11.4 Å². The van der Waals surface area contributed by atoms with Crippen LogP contribution in [0.2, 0.25) is 0 Å². The van der Waals surface area contributed by atoms with Gasteiger partial charge in [0, 0.05) is 24.3 Å². The molecule has 7 nitrogen and oxygen atoms in total. The van der Waals surface area contributed by atoms with Crippen LogP contribution in [0, 0.1) is 17.8 Å². The van der Waals surface area contributed by atoms with Crippen LogP contribution in [0.1, 0.15) is 60.2 Å². The second-order valence-corrected chi connectivity index (χ2v) is 10.2. The standard InChI is InChI=1S/C29H31N3O4/c1-18-12-14-31(15-13-18)27(34)20-6-5-7-21(17-20)30-26(33)23-8-3-4-9-25(23)32-28(35)22-11-10-19(2)16-24(22)29(32)36/h3-10,17-18,22,24H,11-16H2,1-2H3,(H,30,33)/t22-,24+/m1/s1. The minimum Gasteiger partial charge on any atom is -0.339 e. The topological polar surface area (TPSA) is 86.8 Å². The van der Waals surface area contributed by atoms with Gasteiger partial charge in [0.15, 0.2) is 0 Å². The number of carbonyl (C=O) groups excluding carboxylic acids is 4. The predicted molar refractivity (Wildman–Crippen MR) is 138 cm³/mol. The normalized spacial score (nSPS) is 22.3. The van der Waals surface area contributed by atoms with Gasteiger partial charge in [-0.15, -0.1) is 0 Å². The summed E-state index contributed by atoms with van der Waals surface area (Å²) in [4.78, 5) is 55.8. The lowest BCUT2D eigenvalue weighted by Gasteiger charge is -2.30. The van der Waals surface area contributed by atoms with Gasteiger partial charge in [0.2, 0.25) is 11.8 Å². The number of carbonyl (C=O) groups is 4. The molecule has 2 atom stereocenters. The van der Waals surface area contributed by atoms with Crippen LogP contribution in [0.5, 0.6) is 0 Å². The Bertz CT molecular complexity index is 1260. The van der Waals surface area contributed by atoms with Crippen molar-refractivity contribution >= 4 is 35.0 Å². The molecule has 3 aliphatic rings. The third-order valence-electron chi connectivity index (χ3n) is 7.65. The van der Waals surface area contributed by atoms with E-state index in [4.69, 9.17) is 0 Å². The van der Waals surface area contributed by atoms with Crippen molar-refractivity contribution in [1.29, 1.82) is 0 Å². The van der Waals surface area contributed by atoms with E-state index in [1.54, 1.807) is 48.5 Å². The number of amides is 4. The van der Waals surface area contributed by atoms with E-state index >= 15 is 0 Å². The summed E-state index contributed by atoms with van der Waals surface area (Å²) in [6.45, 7) is 5.64. The van der Waals surface area contributed by atoms with Gasteiger partial charge in [-0.25, -0.2) is 4.90 Å². The summed E-state index contributed by atoms with van der Waals surface area (Å²) >= 11 is 0. The quantitative estimate of drug-likeness (QED) is 0.504. The van der Waals surface area contributed by atoms with Crippen LogP contribution < -0.4 is 10.2 Å². The first-order valence-corrected chi connectivity index (χ1v) is 12.7. The van der Waals surface area contributed by atoms with Crippen LogP contribution in [-0.4, -0.2) is 41.6 Å². The van der Waals surface area contributed by atoms with E-state index in [0.29, 0.717) is 35.7 Å². The van der Waals surface area contributed by atoms with Gasteiger partial charge >= 0.3 is 0 Å². The Morgan fingerprint density at radius 3 is 2.44 bits per heavy atom. The minimum atomic E-state index is -0.438. The van der Waals surface area contributed by atoms with E-state index in [0.717, 1.165) is 31.5 Å². The van der Waals surface area contributed by atoms with Crippen LogP contribution in [-0.2, 0) is 9.59 Å². The smallest absolute Gasteiger partial charge is 0.257 e. The lowest BCUT2D eigenvalue weighted by atomic mass is 9.82. The number of hydrogen-bond acceptors (Lipinski definition) is 4. The number of anilines is 2. The molecule has 7 heteroatoms. The van der Waals surface area contributed by atoms with E-state index in [1.807, 2.05) is 17.9 Å². The van der Waals surface area contributed by atoms with E-state index in [2.05, 4.69) is 12.2 Å². The van der Waals surface area contributed by atoms with Crippen molar-refractivity contribution in [1.82, 2.24) is 4.90 Å². The zero-order valence-electron chi connectivity index (χ0n) is 20.7. The molecule has 2 aliphatic heterocycles. The van der Waals surface area contributed by atoms with Crippen molar-refractivity contribution < 1.29 is 19.2 Å². The molecule has 2 fully saturated rings. The molecule has 1 aliphatic carbocycles. The van der Waals surface area contributed by atoms with Crippen LogP contribution >= 0.6 is 0 Å². The number of piperidine rings is 1. The highest BCUT2D eigenvalue weighted by atomic mass is 16.2. The molecule has 1 N–H and O–H groups in total. The van der Waals surface area contributed by atoms with E-state index < -0.39 is 5.91 Å².